The largest absolute Gasteiger partial charge is 0.390 e. The first-order chi connectivity index (χ1) is 22.5. The SMILES string of the molecule is CN1CCN(CCCN2c3ccccc3Sc3ccc(Cl)cc32)CC1.C[C@]12CCC(=O)C=C1CC[C@@H]1[C@@H]2CC[C@@]2(C)[C@H]1CC[C@]2(C)O. The summed E-state index contributed by atoms with van der Waals surface area (Å²) in [4.78, 5) is 21.9. The van der Waals surface area contributed by atoms with Gasteiger partial charge in [0.25, 0.3) is 0 Å². The second-order valence-electron chi connectivity index (χ2n) is 16.1. The van der Waals surface area contributed by atoms with Crippen molar-refractivity contribution in [3.8, 4) is 0 Å². The third kappa shape index (κ3) is 6.24. The number of benzene rings is 2. The van der Waals surface area contributed by atoms with Gasteiger partial charge in [-0.3, -0.25) is 4.79 Å². The van der Waals surface area contributed by atoms with Crippen LogP contribution in [0, 0.1) is 28.6 Å². The Morgan fingerprint density at radius 1 is 0.872 bits per heavy atom. The Kier molecular flexibility index (Phi) is 9.40. The summed E-state index contributed by atoms with van der Waals surface area (Å²) in [5.74, 6) is 2.50. The van der Waals surface area contributed by atoms with Crippen molar-refractivity contribution in [1.82, 2.24) is 9.80 Å². The average molecular weight is 676 g/mol. The molecule has 2 heterocycles. The van der Waals surface area contributed by atoms with Gasteiger partial charge in [0.05, 0.1) is 17.0 Å². The Bertz CT molecular complexity index is 1520. The van der Waals surface area contributed by atoms with Crippen molar-refractivity contribution in [3.05, 3.63) is 59.1 Å². The fourth-order valence-electron chi connectivity index (χ4n) is 10.4. The molecule has 2 aromatic rings. The lowest BCUT2D eigenvalue weighted by Crippen LogP contribution is -2.53. The zero-order valence-electron chi connectivity index (χ0n) is 28.9. The molecule has 0 aromatic heterocycles. The number of piperazine rings is 1. The number of fused-ring (bicyclic) bond motifs is 7. The molecule has 7 heteroatoms. The number of carbonyl (C=O) groups excluding carboxylic acids is 1. The minimum atomic E-state index is -0.484. The van der Waals surface area contributed by atoms with E-state index in [1.54, 1.807) is 0 Å². The lowest BCUT2D eigenvalue weighted by molar-refractivity contribution is -0.124. The standard InChI is InChI=1S/C20H24ClN3S.C20H30O2/c1-22-11-13-23(14-12-22)9-4-10-24-17-5-2-3-6-19(17)25-20-8-7-16(21)15-18(20)24;1-18-9-6-14(21)12-13(18)4-5-15-16(18)7-10-19(2)17(15)8-11-20(19,3)22/h2-3,5-8,15H,4,9-14H2,1H3;12,15-17,22H,4-11H2,1-3H3/t;15-,16+,17+,18+,19+,20+/m.1/s1. The van der Waals surface area contributed by atoms with Crippen LogP contribution in [0.1, 0.15) is 78.6 Å². The third-order valence-corrected chi connectivity index (χ3v) is 14.9. The normalized spacial score (nSPS) is 35.0. The highest BCUT2D eigenvalue weighted by atomic mass is 35.5. The summed E-state index contributed by atoms with van der Waals surface area (Å²) in [6, 6.07) is 14.9. The number of nitrogens with zero attached hydrogens (tertiary/aromatic N) is 3. The van der Waals surface area contributed by atoms with E-state index >= 15 is 0 Å². The molecular weight excluding hydrogens is 622 g/mol. The molecule has 0 radical (unpaired) electrons. The van der Waals surface area contributed by atoms with Crippen LogP contribution >= 0.6 is 23.4 Å². The Balaban J connectivity index is 0.000000151. The topological polar surface area (TPSA) is 47.0 Å². The van der Waals surface area contributed by atoms with Crippen LogP contribution in [0.15, 0.2) is 63.9 Å². The van der Waals surface area contributed by atoms with E-state index in [9.17, 15) is 9.90 Å². The van der Waals surface area contributed by atoms with Gasteiger partial charge in [0, 0.05) is 54.0 Å². The number of aliphatic hydroxyl groups is 1. The Morgan fingerprint density at radius 3 is 2.43 bits per heavy atom. The molecule has 6 atom stereocenters. The minimum Gasteiger partial charge on any atom is -0.390 e. The van der Waals surface area contributed by atoms with E-state index in [0.29, 0.717) is 11.7 Å². The summed E-state index contributed by atoms with van der Waals surface area (Å²) in [7, 11) is 2.21. The zero-order chi connectivity index (χ0) is 33.0. The van der Waals surface area contributed by atoms with E-state index in [0.717, 1.165) is 68.5 Å². The van der Waals surface area contributed by atoms with E-state index < -0.39 is 5.60 Å². The molecule has 1 N–H and O–H groups in total. The fourth-order valence-corrected chi connectivity index (χ4v) is 11.6. The van der Waals surface area contributed by atoms with Crippen molar-refractivity contribution in [3.63, 3.8) is 0 Å². The highest BCUT2D eigenvalue weighted by Gasteiger charge is 2.62. The maximum atomic E-state index is 11.8. The lowest BCUT2D eigenvalue weighted by Gasteiger charge is -2.58. The molecule has 4 fully saturated rings. The zero-order valence-corrected chi connectivity index (χ0v) is 30.5. The molecular formula is C40H54ClN3O2S. The first-order valence-corrected chi connectivity index (χ1v) is 19.4. The van der Waals surface area contributed by atoms with Gasteiger partial charge in [0.15, 0.2) is 5.78 Å². The highest BCUT2D eigenvalue weighted by molar-refractivity contribution is 7.99. The van der Waals surface area contributed by atoms with Crippen LogP contribution in [0.4, 0.5) is 11.4 Å². The predicted molar refractivity (Wildman–Crippen MR) is 195 cm³/mol. The maximum Gasteiger partial charge on any atom is 0.155 e. The molecule has 8 rings (SSSR count). The van der Waals surface area contributed by atoms with Gasteiger partial charge in [-0.25, -0.2) is 0 Å². The molecule has 0 spiro atoms. The number of ketones is 1. The van der Waals surface area contributed by atoms with Crippen LogP contribution in [0.2, 0.25) is 5.02 Å². The van der Waals surface area contributed by atoms with Gasteiger partial charge in [-0.15, -0.1) is 0 Å². The second kappa shape index (κ2) is 13.1. The van der Waals surface area contributed by atoms with E-state index in [2.05, 4.69) is 78.9 Å². The molecule has 2 aromatic carbocycles. The van der Waals surface area contributed by atoms with Gasteiger partial charge >= 0.3 is 0 Å². The molecule has 0 amide bonds. The molecule has 4 aliphatic carbocycles. The molecule has 1 saturated heterocycles. The highest BCUT2D eigenvalue weighted by Crippen LogP contribution is 2.67. The number of rotatable bonds is 4. The second-order valence-corrected chi connectivity index (χ2v) is 17.6. The van der Waals surface area contributed by atoms with Crippen molar-refractivity contribution in [2.45, 2.75) is 94.0 Å². The molecule has 3 saturated carbocycles. The van der Waals surface area contributed by atoms with Gasteiger partial charge in [0.2, 0.25) is 0 Å². The van der Waals surface area contributed by atoms with Crippen LogP contribution in [0.5, 0.6) is 0 Å². The van der Waals surface area contributed by atoms with Crippen molar-refractivity contribution in [2.24, 2.45) is 28.6 Å². The molecule has 2 aliphatic heterocycles. The van der Waals surface area contributed by atoms with E-state index in [4.69, 9.17) is 11.6 Å². The van der Waals surface area contributed by atoms with Crippen molar-refractivity contribution in [1.29, 1.82) is 0 Å². The monoisotopic (exact) mass is 675 g/mol. The number of carbonyl (C=O) groups is 1. The summed E-state index contributed by atoms with van der Waals surface area (Å²) >= 11 is 8.13. The maximum absolute atomic E-state index is 11.8. The summed E-state index contributed by atoms with van der Waals surface area (Å²) in [6.45, 7) is 13.8. The van der Waals surface area contributed by atoms with Gasteiger partial charge in [-0.1, -0.05) is 54.9 Å². The van der Waals surface area contributed by atoms with Crippen LogP contribution in [-0.4, -0.2) is 72.6 Å². The number of para-hydroxylation sites is 1. The Hall–Kier alpha value is -1.83. The summed E-state index contributed by atoms with van der Waals surface area (Å²) in [5.41, 5.74) is 3.87. The molecule has 5 nitrogen and oxygen atoms in total. The summed E-state index contributed by atoms with van der Waals surface area (Å²) in [5, 5.41) is 11.7. The minimum absolute atomic E-state index is 0.107. The van der Waals surface area contributed by atoms with Crippen molar-refractivity contribution in [2.75, 3.05) is 51.2 Å². The number of halogens is 1. The molecule has 0 bridgehead atoms. The molecule has 254 valence electrons. The van der Waals surface area contributed by atoms with Crippen LogP contribution in [-0.2, 0) is 4.79 Å². The third-order valence-electron chi connectivity index (χ3n) is 13.6. The van der Waals surface area contributed by atoms with Gasteiger partial charge in [-0.2, -0.15) is 0 Å². The predicted octanol–water partition coefficient (Wildman–Crippen LogP) is 8.85. The average Bonchev–Trinajstić information content (AvgIpc) is 3.30. The van der Waals surface area contributed by atoms with Crippen LogP contribution in [0.3, 0.4) is 0 Å². The number of anilines is 2. The smallest absolute Gasteiger partial charge is 0.155 e. The number of hydrogen-bond acceptors (Lipinski definition) is 6. The molecule has 6 aliphatic rings. The first-order valence-electron chi connectivity index (χ1n) is 18.2. The lowest BCUT2D eigenvalue weighted by atomic mass is 9.46. The van der Waals surface area contributed by atoms with Gasteiger partial charge in [0.1, 0.15) is 0 Å². The van der Waals surface area contributed by atoms with Crippen LogP contribution < -0.4 is 4.90 Å². The molecule has 0 unspecified atom stereocenters. The van der Waals surface area contributed by atoms with E-state index in [1.165, 1.54) is 72.2 Å². The number of hydrogen-bond donors (Lipinski definition) is 1. The van der Waals surface area contributed by atoms with Gasteiger partial charge in [-0.05, 0) is 137 Å². The van der Waals surface area contributed by atoms with E-state index in [-0.39, 0.29) is 10.8 Å². The number of likely N-dealkylation sites (N-methyl/N-ethyl adjacent to an activating group) is 1. The first kappa shape index (κ1) is 33.7. The quantitative estimate of drug-likeness (QED) is 0.350. The fraction of sp³-hybridized carbons (Fsp3) is 0.625. The summed E-state index contributed by atoms with van der Waals surface area (Å²) < 4.78 is 0. The Morgan fingerprint density at radius 2 is 1.62 bits per heavy atom. The number of allylic oxidation sites excluding steroid dienone is 1. The van der Waals surface area contributed by atoms with Crippen molar-refractivity contribution < 1.29 is 9.90 Å². The van der Waals surface area contributed by atoms with Gasteiger partial charge < -0.3 is 19.8 Å². The Labute approximate surface area is 292 Å². The van der Waals surface area contributed by atoms with Crippen LogP contribution in [0.25, 0.3) is 0 Å². The van der Waals surface area contributed by atoms with E-state index in [1.807, 2.05) is 23.9 Å². The molecule has 47 heavy (non-hydrogen) atoms. The van der Waals surface area contributed by atoms with Crippen molar-refractivity contribution >= 4 is 40.5 Å². The summed E-state index contributed by atoms with van der Waals surface area (Å²) in [6.07, 6.45) is 11.8.